The first-order chi connectivity index (χ1) is 17.2. The van der Waals surface area contributed by atoms with E-state index in [0.29, 0.717) is 35.5 Å². The van der Waals surface area contributed by atoms with Crippen molar-refractivity contribution in [1.82, 2.24) is 5.32 Å². The van der Waals surface area contributed by atoms with E-state index in [1.54, 1.807) is 24.3 Å². The van der Waals surface area contributed by atoms with Crippen LogP contribution in [0.4, 0.5) is 16.2 Å². The van der Waals surface area contributed by atoms with Crippen LogP contribution in [-0.4, -0.2) is 62.6 Å². The van der Waals surface area contributed by atoms with Crippen LogP contribution in [0.1, 0.15) is 25.7 Å². The van der Waals surface area contributed by atoms with Crippen molar-refractivity contribution in [2.45, 2.75) is 25.7 Å². The molecule has 204 valence electrons. The monoisotopic (exact) mass is 556 g/mol. The molecule has 0 bridgehead atoms. The number of rotatable bonds is 11. The highest BCUT2D eigenvalue weighted by Gasteiger charge is 2.25. The first-order valence-corrected chi connectivity index (χ1v) is 13.8. The van der Waals surface area contributed by atoms with Gasteiger partial charge in [-0.25, -0.2) is 9.69 Å². The Hall–Kier alpha value is -2.70. The molecule has 37 heavy (non-hydrogen) atoms. The van der Waals surface area contributed by atoms with Gasteiger partial charge in [0.2, 0.25) is 5.91 Å². The molecule has 0 heterocycles. The van der Waals surface area contributed by atoms with E-state index in [-0.39, 0.29) is 24.5 Å². The number of halogens is 1. The standard InChI is InChI=1S/C25H31ClN2O7S.H2O/c26-21-10-12-23(13-11-21)28(22-4-2-1-3-5-22)25(30)35-17-20-8-6-19(7-9-20)16-34-18-24(29)27-14-15-36(31,32)33;/h1-5,10-13,19-20H,6-9,14-18H2,(H,27,29)(H,31,32,33);1H2. The molecule has 0 unspecified atom stereocenters. The number of nitrogens with zero attached hydrogens (tertiary/aromatic N) is 1. The summed E-state index contributed by atoms with van der Waals surface area (Å²) in [5, 5.41) is 2.97. The number of hydrogen-bond donors (Lipinski definition) is 2. The molecular formula is C25H33ClN2O8S. The zero-order chi connectivity index (χ0) is 26.0. The topological polar surface area (TPSA) is 154 Å². The zero-order valence-corrected chi connectivity index (χ0v) is 21.9. The van der Waals surface area contributed by atoms with Gasteiger partial charge in [-0.05, 0) is 73.9 Å². The van der Waals surface area contributed by atoms with E-state index in [9.17, 15) is 18.0 Å². The average molecular weight is 557 g/mol. The van der Waals surface area contributed by atoms with Crippen LogP contribution in [0.15, 0.2) is 54.6 Å². The van der Waals surface area contributed by atoms with Crippen LogP contribution in [0.2, 0.25) is 5.02 Å². The minimum absolute atomic E-state index is 0. The first-order valence-electron chi connectivity index (χ1n) is 11.8. The Morgan fingerprint density at radius 2 is 1.51 bits per heavy atom. The summed E-state index contributed by atoms with van der Waals surface area (Å²) >= 11 is 6.01. The third-order valence-electron chi connectivity index (χ3n) is 5.96. The fourth-order valence-electron chi connectivity index (χ4n) is 4.03. The van der Waals surface area contributed by atoms with Crippen molar-refractivity contribution >= 4 is 45.1 Å². The van der Waals surface area contributed by atoms with E-state index in [4.69, 9.17) is 25.6 Å². The SMILES string of the molecule is O.O=C(COCC1CCC(COC(=O)N(c2ccccc2)c2ccc(Cl)cc2)CC1)NCCS(=O)(=O)O. The van der Waals surface area contributed by atoms with E-state index in [0.717, 1.165) is 25.7 Å². The number of ether oxygens (including phenoxy) is 2. The second kappa shape index (κ2) is 14.9. The van der Waals surface area contributed by atoms with E-state index in [1.165, 1.54) is 4.90 Å². The van der Waals surface area contributed by atoms with Gasteiger partial charge in [0.15, 0.2) is 0 Å². The summed E-state index contributed by atoms with van der Waals surface area (Å²) < 4.78 is 41.1. The lowest BCUT2D eigenvalue weighted by Gasteiger charge is -2.29. The van der Waals surface area contributed by atoms with Gasteiger partial charge in [-0.2, -0.15) is 8.42 Å². The molecule has 2 aromatic rings. The van der Waals surface area contributed by atoms with Gasteiger partial charge < -0.3 is 20.3 Å². The van der Waals surface area contributed by atoms with Gasteiger partial charge in [-0.3, -0.25) is 9.35 Å². The van der Waals surface area contributed by atoms with E-state index in [2.05, 4.69) is 5.32 Å². The third-order valence-corrected chi connectivity index (χ3v) is 6.93. The highest BCUT2D eigenvalue weighted by atomic mass is 35.5. The van der Waals surface area contributed by atoms with E-state index >= 15 is 0 Å². The minimum atomic E-state index is -4.10. The molecule has 0 spiro atoms. The maximum atomic E-state index is 13.0. The molecule has 0 saturated heterocycles. The Labute approximate surface area is 221 Å². The van der Waals surface area contributed by atoms with Gasteiger partial charge in [0.1, 0.15) is 6.61 Å². The van der Waals surface area contributed by atoms with E-state index in [1.807, 2.05) is 30.3 Å². The summed E-state index contributed by atoms with van der Waals surface area (Å²) in [5.41, 5.74) is 1.37. The molecular weight excluding hydrogens is 524 g/mol. The van der Waals surface area contributed by atoms with Gasteiger partial charge >= 0.3 is 6.09 Å². The highest BCUT2D eigenvalue weighted by molar-refractivity contribution is 7.85. The van der Waals surface area contributed by atoms with Gasteiger partial charge in [-0.1, -0.05) is 29.8 Å². The Morgan fingerprint density at radius 3 is 2.11 bits per heavy atom. The molecule has 1 aliphatic rings. The zero-order valence-electron chi connectivity index (χ0n) is 20.3. The largest absolute Gasteiger partial charge is 0.449 e. The number of hydrogen-bond acceptors (Lipinski definition) is 6. The molecule has 2 amide bonds. The quantitative estimate of drug-likeness (QED) is 0.401. The van der Waals surface area contributed by atoms with Gasteiger partial charge in [-0.15, -0.1) is 0 Å². The predicted molar refractivity (Wildman–Crippen MR) is 141 cm³/mol. The molecule has 1 fully saturated rings. The Bertz CT molecular complexity index is 1090. The van der Waals surface area contributed by atoms with Crippen molar-refractivity contribution in [1.29, 1.82) is 0 Å². The Kier molecular flexibility index (Phi) is 12.3. The van der Waals surface area contributed by atoms with Crippen LogP contribution in [0, 0.1) is 11.8 Å². The predicted octanol–water partition coefficient (Wildman–Crippen LogP) is 3.62. The summed E-state index contributed by atoms with van der Waals surface area (Å²) in [6.45, 7) is 0.420. The minimum Gasteiger partial charge on any atom is -0.449 e. The molecule has 1 saturated carbocycles. The second-order valence-corrected chi connectivity index (χ2v) is 10.8. The fourth-order valence-corrected chi connectivity index (χ4v) is 4.52. The lowest BCUT2D eigenvalue weighted by Crippen LogP contribution is -2.33. The number of amides is 2. The molecule has 10 nitrogen and oxygen atoms in total. The maximum Gasteiger partial charge on any atom is 0.418 e. The Morgan fingerprint density at radius 1 is 0.946 bits per heavy atom. The number of benzene rings is 2. The number of nitrogens with one attached hydrogen (secondary N) is 1. The van der Waals surface area contributed by atoms with Crippen molar-refractivity contribution in [3.05, 3.63) is 59.6 Å². The molecule has 0 radical (unpaired) electrons. The number of anilines is 2. The van der Waals surface area contributed by atoms with E-state index < -0.39 is 27.9 Å². The normalized spacial score (nSPS) is 17.4. The average Bonchev–Trinajstić information content (AvgIpc) is 2.85. The molecule has 3 rings (SSSR count). The third kappa shape index (κ3) is 10.7. The smallest absolute Gasteiger partial charge is 0.418 e. The summed E-state index contributed by atoms with van der Waals surface area (Å²) in [6.07, 6.45) is 3.11. The molecule has 2 aromatic carbocycles. The van der Waals surface area contributed by atoms with Crippen LogP contribution < -0.4 is 10.2 Å². The molecule has 0 atom stereocenters. The molecule has 0 aromatic heterocycles. The highest BCUT2D eigenvalue weighted by Crippen LogP contribution is 2.31. The maximum absolute atomic E-state index is 13.0. The van der Waals surface area contributed by atoms with Crippen molar-refractivity contribution in [2.75, 3.05) is 37.0 Å². The van der Waals surface area contributed by atoms with Crippen molar-refractivity contribution in [2.24, 2.45) is 11.8 Å². The Balaban J connectivity index is 0.00000481. The van der Waals surface area contributed by atoms with Crippen LogP contribution in [0.5, 0.6) is 0 Å². The van der Waals surface area contributed by atoms with Crippen molar-refractivity contribution in [3.63, 3.8) is 0 Å². The lowest BCUT2D eigenvalue weighted by molar-refractivity contribution is -0.126. The summed E-state index contributed by atoms with van der Waals surface area (Å²) in [4.78, 5) is 26.2. The van der Waals surface area contributed by atoms with Crippen LogP contribution in [0.25, 0.3) is 0 Å². The molecule has 12 heteroatoms. The van der Waals surface area contributed by atoms with Gasteiger partial charge in [0.25, 0.3) is 10.1 Å². The van der Waals surface area contributed by atoms with Crippen LogP contribution in [-0.2, 0) is 24.4 Å². The van der Waals surface area contributed by atoms with Crippen molar-refractivity contribution in [3.8, 4) is 0 Å². The first kappa shape index (κ1) is 30.5. The van der Waals surface area contributed by atoms with Crippen LogP contribution >= 0.6 is 11.6 Å². The summed E-state index contributed by atoms with van der Waals surface area (Å²) in [6, 6.07) is 16.3. The molecule has 0 aliphatic heterocycles. The lowest BCUT2D eigenvalue weighted by atomic mass is 9.83. The van der Waals surface area contributed by atoms with Gasteiger partial charge in [0, 0.05) is 11.6 Å². The molecule has 1 aliphatic carbocycles. The van der Waals surface area contributed by atoms with Crippen LogP contribution in [0.3, 0.4) is 0 Å². The number of carbonyl (C=O) groups is 2. The summed E-state index contributed by atoms with van der Waals surface area (Å²) in [7, 11) is -4.10. The number of carbonyl (C=O) groups excluding carboxylic acids is 2. The van der Waals surface area contributed by atoms with Gasteiger partial charge in [0.05, 0.1) is 30.3 Å². The van der Waals surface area contributed by atoms with Crippen molar-refractivity contribution < 1.29 is 37.5 Å². The molecule has 4 N–H and O–H groups in total. The number of para-hydroxylation sites is 1. The summed E-state index contributed by atoms with van der Waals surface area (Å²) in [5.74, 6) is -0.409. The second-order valence-electron chi connectivity index (χ2n) is 8.76. The fraction of sp³-hybridized carbons (Fsp3) is 0.440.